The maximum Gasteiger partial charge on any atom is 0.163 e. The first-order valence-corrected chi connectivity index (χ1v) is 7.56. The van der Waals surface area contributed by atoms with Crippen LogP contribution in [0, 0.1) is 0 Å². The number of hydrogen-bond donors (Lipinski definition) is 2. The van der Waals surface area contributed by atoms with Crippen molar-refractivity contribution < 1.29 is 24.5 Å². The molecule has 0 bridgehead atoms. The normalized spacial score (nSPS) is 11.1. The van der Waals surface area contributed by atoms with Gasteiger partial charge < -0.3 is 14.9 Å². The van der Waals surface area contributed by atoms with E-state index in [0.29, 0.717) is 11.3 Å². The molecule has 0 aliphatic heterocycles. The molecule has 2 rings (SSSR count). The van der Waals surface area contributed by atoms with Gasteiger partial charge in [-0.25, -0.2) is 0 Å². The molecule has 0 saturated carbocycles. The molecule has 0 heterocycles. The summed E-state index contributed by atoms with van der Waals surface area (Å²) in [5, 5.41) is 18.6. The Morgan fingerprint density at radius 1 is 0.920 bits per heavy atom. The Hall–Kier alpha value is -3.34. The van der Waals surface area contributed by atoms with E-state index >= 15 is 0 Å². The zero-order chi connectivity index (χ0) is 18.2. The van der Waals surface area contributed by atoms with Crippen molar-refractivity contribution in [3.63, 3.8) is 0 Å². The molecule has 0 aromatic heterocycles. The molecule has 2 aromatic rings. The van der Waals surface area contributed by atoms with Crippen LogP contribution >= 0.6 is 0 Å². The van der Waals surface area contributed by atoms with Gasteiger partial charge in [0.1, 0.15) is 5.75 Å². The largest absolute Gasteiger partial charge is 0.504 e. The molecular weight excluding hydrogens is 320 g/mol. The number of methoxy groups -OCH3 is 1. The van der Waals surface area contributed by atoms with Gasteiger partial charge in [0.05, 0.1) is 13.5 Å². The van der Waals surface area contributed by atoms with E-state index in [1.165, 1.54) is 30.4 Å². The molecule has 0 fully saturated rings. The first-order chi connectivity index (χ1) is 12.0. The molecule has 25 heavy (non-hydrogen) atoms. The maximum absolute atomic E-state index is 11.8. The number of aromatic hydroxyl groups is 2. The quantitative estimate of drug-likeness (QED) is 0.459. The van der Waals surface area contributed by atoms with Crippen molar-refractivity contribution >= 4 is 23.7 Å². The predicted molar refractivity (Wildman–Crippen MR) is 95.5 cm³/mol. The molecular formula is C20H18O5. The number of carbonyl (C=O) groups is 2. The van der Waals surface area contributed by atoms with Gasteiger partial charge in [0.25, 0.3) is 0 Å². The van der Waals surface area contributed by atoms with Gasteiger partial charge in [-0.2, -0.15) is 0 Å². The second-order valence-electron chi connectivity index (χ2n) is 5.30. The summed E-state index contributed by atoms with van der Waals surface area (Å²) in [4.78, 5) is 23.7. The van der Waals surface area contributed by atoms with Crippen molar-refractivity contribution in [1.29, 1.82) is 0 Å². The first kappa shape index (κ1) is 18.0. The van der Waals surface area contributed by atoms with Gasteiger partial charge in [-0.1, -0.05) is 30.4 Å². The summed E-state index contributed by atoms with van der Waals surface area (Å²) in [7, 11) is 1.56. The van der Waals surface area contributed by atoms with Gasteiger partial charge in [-0.05, 0) is 47.5 Å². The molecule has 5 heteroatoms. The second-order valence-corrected chi connectivity index (χ2v) is 5.30. The van der Waals surface area contributed by atoms with Crippen LogP contribution < -0.4 is 4.74 Å². The highest BCUT2D eigenvalue weighted by Gasteiger charge is 2.04. The Morgan fingerprint density at radius 3 is 2.16 bits per heavy atom. The van der Waals surface area contributed by atoms with Gasteiger partial charge in [0.15, 0.2) is 23.1 Å². The van der Waals surface area contributed by atoms with Crippen LogP contribution in [0.5, 0.6) is 17.2 Å². The third-order valence-electron chi connectivity index (χ3n) is 3.37. The number of phenols is 2. The van der Waals surface area contributed by atoms with Crippen LogP contribution in [-0.2, 0) is 9.59 Å². The standard InChI is InChI=1S/C20H18O5/c1-25-18-4-2-3-14(11-18)5-8-16(21)13-17(22)9-6-15-7-10-19(23)20(24)12-15/h2-12,23-24H,13H2,1H3/b8-5+,9-6+. The van der Waals surface area contributed by atoms with Crippen LogP contribution in [0.15, 0.2) is 54.6 Å². The van der Waals surface area contributed by atoms with Crippen LogP contribution in [0.1, 0.15) is 17.5 Å². The number of carbonyl (C=O) groups excluding carboxylic acids is 2. The number of ether oxygens (including phenoxy) is 1. The van der Waals surface area contributed by atoms with Crippen molar-refractivity contribution in [3.8, 4) is 17.2 Å². The summed E-state index contributed by atoms with van der Waals surface area (Å²) in [6, 6.07) is 11.4. The fraction of sp³-hybridized carbons (Fsp3) is 0.100. The first-order valence-electron chi connectivity index (χ1n) is 7.56. The number of ketones is 2. The van der Waals surface area contributed by atoms with E-state index in [9.17, 15) is 19.8 Å². The van der Waals surface area contributed by atoms with Gasteiger partial charge in [-0.3, -0.25) is 9.59 Å². The molecule has 0 aliphatic rings. The van der Waals surface area contributed by atoms with E-state index in [4.69, 9.17) is 4.74 Å². The highest BCUT2D eigenvalue weighted by Crippen LogP contribution is 2.25. The average Bonchev–Trinajstić information content (AvgIpc) is 2.61. The van der Waals surface area contributed by atoms with Crippen molar-refractivity contribution in [2.75, 3.05) is 7.11 Å². The lowest BCUT2D eigenvalue weighted by Crippen LogP contribution is -2.01. The van der Waals surface area contributed by atoms with Crippen molar-refractivity contribution in [3.05, 3.63) is 65.7 Å². The lowest BCUT2D eigenvalue weighted by molar-refractivity contribution is -0.121. The Kier molecular flexibility index (Phi) is 6.12. The second kappa shape index (κ2) is 8.49. The smallest absolute Gasteiger partial charge is 0.163 e. The summed E-state index contributed by atoms with van der Waals surface area (Å²) in [6.07, 6.45) is 5.47. The number of rotatable bonds is 7. The molecule has 0 saturated heterocycles. The molecule has 5 nitrogen and oxygen atoms in total. The van der Waals surface area contributed by atoms with Gasteiger partial charge in [-0.15, -0.1) is 0 Å². The van der Waals surface area contributed by atoms with E-state index in [-0.39, 0.29) is 29.5 Å². The molecule has 2 N–H and O–H groups in total. The number of benzene rings is 2. The molecule has 0 radical (unpaired) electrons. The van der Waals surface area contributed by atoms with E-state index in [0.717, 1.165) is 5.56 Å². The highest BCUT2D eigenvalue weighted by molar-refractivity contribution is 6.10. The molecule has 0 aliphatic carbocycles. The summed E-state index contributed by atoms with van der Waals surface area (Å²) < 4.78 is 5.10. The van der Waals surface area contributed by atoms with Crippen molar-refractivity contribution in [2.24, 2.45) is 0 Å². The van der Waals surface area contributed by atoms with Crippen molar-refractivity contribution in [1.82, 2.24) is 0 Å². The third kappa shape index (κ3) is 5.66. The van der Waals surface area contributed by atoms with Crippen LogP contribution in [0.25, 0.3) is 12.2 Å². The molecule has 0 atom stereocenters. The maximum atomic E-state index is 11.8. The lowest BCUT2D eigenvalue weighted by Gasteiger charge is -2.00. The van der Waals surface area contributed by atoms with E-state index in [2.05, 4.69) is 0 Å². The third-order valence-corrected chi connectivity index (χ3v) is 3.37. The average molecular weight is 338 g/mol. The van der Waals surface area contributed by atoms with Gasteiger partial charge >= 0.3 is 0 Å². The topological polar surface area (TPSA) is 83.8 Å². The minimum Gasteiger partial charge on any atom is -0.504 e. The number of phenolic OH excluding ortho intramolecular Hbond substituents is 2. The van der Waals surface area contributed by atoms with Gasteiger partial charge in [0.2, 0.25) is 0 Å². The Labute approximate surface area is 145 Å². The van der Waals surface area contributed by atoms with Crippen molar-refractivity contribution in [2.45, 2.75) is 6.42 Å². The zero-order valence-corrected chi connectivity index (χ0v) is 13.7. The zero-order valence-electron chi connectivity index (χ0n) is 13.7. The summed E-state index contributed by atoms with van der Waals surface area (Å²) in [5.41, 5.74) is 1.35. The van der Waals surface area contributed by atoms with Crippen LogP contribution in [0.4, 0.5) is 0 Å². The Morgan fingerprint density at radius 2 is 1.56 bits per heavy atom. The van der Waals surface area contributed by atoms with Gasteiger partial charge in [0, 0.05) is 0 Å². The van der Waals surface area contributed by atoms with Crippen LogP contribution in [-0.4, -0.2) is 28.9 Å². The molecule has 0 spiro atoms. The van der Waals surface area contributed by atoms with Crippen LogP contribution in [0.3, 0.4) is 0 Å². The molecule has 2 aromatic carbocycles. The highest BCUT2D eigenvalue weighted by atomic mass is 16.5. The summed E-state index contributed by atoms with van der Waals surface area (Å²) in [6.45, 7) is 0. The van der Waals surface area contributed by atoms with E-state index < -0.39 is 0 Å². The van der Waals surface area contributed by atoms with E-state index in [1.54, 1.807) is 31.4 Å². The predicted octanol–water partition coefficient (Wildman–Crippen LogP) is 3.36. The lowest BCUT2D eigenvalue weighted by atomic mass is 10.1. The SMILES string of the molecule is COc1cccc(/C=C/C(=O)CC(=O)/C=C/c2ccc(O)c(O)c2)c1. The molecule has 128 valence electrons. The Bertz CT molecular complexity index is 834. The molecule has 0 unspecified atom stereocenters. The fourth-order valence-electron chi connectivity index (χ4n) is 2.06. The minimum atomic E-state index is -0.354. The monoisotopic (exact) mass is 338 g/mol. The fourth-order valence-corrected chi connectivity index (χ4v) is 2.06. The molecule has 0 amide bonds. The summed E-state index contributed by atoms with van der Waals surface area (Å²) in [5.74, 6) is -0.488. The Balaban J connectivity index is 1.92. The van der Waals surface area contributed by atoms with E-state index in [1.807, 2.05) is 12.1 Å². The van der Waals surface area contributed by atoms with Crippen LogP contribution in [0.2, 0.25) is 0 Å². The number of allylic oxidation sites excluding steroid dienone is 2. The summed E-state index contributed by atoms with van der Waals surface area (Å²) >= 11 is 0. The number of hydrogen-bond acceptors (Lipinski definition) is 5. The minimum absolute atomic E-state index is 0.235.